The fraction of sp³-hybridized carbons (Fsp3) is 0.600. The van der Waals surface area contributed by atoms with Crippen molar-refractivity contribution in [2.45, 2.75) is 20.3 Å². The Morgan fingerprint density at radius 2 is 1.27 bits per heavy atom. The van der Waals surface area contributed by atoms with Gasteiger partial charge in [-0.05, 0) is 13.3 Å². The van der Waals surface area contributed by atoms with E-state index >= 15 is 0 Å². The molecule has 0 amide bonds. The van der Waals surface area contributed by atoms with Crippen LogP contribution < -0.4 is 69.3 Å². The van der Waals surface area contributed by atoms with Crippen molar-refractivity contribution in [1.82, 2.24) is 0 Å². The summed E-state index contributed by atoms with van der Waals surface area (Å²) < 4.78 is 0. The molecule has 0 aliphatic carbocycles. The van der Waals surface area contributed by atoms with Crippen molar-refractivity contribution in [3.8, 4) is 0 Å². The van der Waals surface area contributed by atoms with Gasteiger partial charge < -0.3 is 19.8 Å². The molecule has 0 aromatic carbocycles. The molecule has 0 spiro atoms. The fourth-order valence-corrected chi connectivity index (χ4v) is 0. The maximum absolute atomic E-state index is 9.26. The van der Waals surface area contributed by atoms with E-state index < -0.39 is 11.9 Å². The van der Waals surface area contributed by atoms with Gasteiger partial charge in [-0.2, -0.15) is 0 Å². The first-order chi connectivity index (χ1) is 4.00. The van der Waals surface area contributed by atoms with Crippen molar-refractivity contribution in [3.05, 3.63) is 0 Å². The van der Waals surface area contributed by atoms with Crippen LogP contribution in [0.3, 0.4) is 0 Å². The summed E-state index contributed by atoms with van der Waals surface area (Å²) in [5.74, 6) is -2.08. The van der Waals surface area contributed by atoms with Gasteiger partial charge in [0, 0.05) is 11.9 Å². The molecule has 0 fully saturated rings. The molecule has 0 atom stereocenters. The van der Waals surface area contributed by atoms with Crippen molar-refractivity contribution >= 4 is 11.9 Å². The average Bonchev–Trinajstić information content (AvgIpc) is 1.65. The Morgan fingerprint density at radius 1 is 1.18 bits per heavy atom. The number of rotatable bonds is 1. The molecule has 0 bridgehead atoms. The Bertz CT molecular complexity index is 101. The molecule has 0 heterocycles. The van der Waals surface area contributed by atoms with Gasteiger partial charge in [0.25, 0.3) is 0 Å². The van der Waals surface area contributed by atoms with Gasteiger partial charge in [-0.25, -0.2) is 0 Å². The van der Waals surface area contributed by atoms with Crippen molar-refractivity contribution in [2.24, 2.45) is 0 Å². The number of carboxylic acid groups (broad SMARTS) is 2. The van der Waals surface area contributed by atoms with E-state index in [1.54, 1.807) is 0 Å². The number of hydrogen-bond acceptors (Lipinski definition) is 4. The van der Waals surface area contributed by atoms with Gasteiger partial charge in [-0.1, -0.05) is 6.92 Å². The van der Waals surface area contributed by atoms with Crippen LogP contribution in [0.25, 0.3) is 0 Å². The Balaban J connectivity index is -0.0000000383. The van der Waals surface area contributed by atoms with Crippen LogP contribution in [0.2, 0.25) is 0 Å². The predicted octanol–water partition coefficient (Wildman–Crippen LogP) is -8.09. The molecule has 0 saturated heterocycles. The van der Waals surface area contributed by atoms with Crippen LogP contribution in [0.1, 0.15) is 20.3 Å². The average molecular weight is 178 g/mol. The third kappa shape index (κ3) is 101. The standard InChI is InChI=1S/C3H6O2.C2H4O2.2Na/c1-2-3(4)5;1-2(3)4;;/h2H2,1H3,(H,4,5);1H3,(H,3,4);;/q;;2*+1/p-2. The monoisotopic (exact) mass is 178 g/mol. The SMILES string of the molecule is CC(=O)[O-].CCC(=O)[O-].[Na+].[Na+]. The molecule has 4 nitrogen and oxygen atoms in total. The van der Waals surface area contributed by atoms with Gasteiger partial charge in [-0.3, -0.25) is 0 Å². The first-order valence-corrected chi connectivity index (χ1v) is 2.38. The number of carbonyl (C=O) groups is 2. The van der Waals surface area contributed by atoms with Crippen molar-refractivity contribution in [2.75, 3.05) is 0 Å². The minimum atomic E-state index is -1.08. The minimum absolute atomic E-state index is 0. The van der Waals surface area contributed by atoms with Crippen LogP contribution >= 0.6 is 0 Å². The van der Waals surface area contributed by atoms with Gasteiger partial charge in [0.1, 0.15) is 0 Å². The molecule has 0 aliphatic rings. The summed E-state index contributed by atoms with van der Waals surface area (Å²) in [5.41, 5.74) is 0. The molecule has 11 heavy (non-hydrogen) atoms. The minimum Gasteiger partial charge on any atom is -0.550 e. The number of aliphatic carboxylic acids is 2. The molecule has 6 heteroatoms. The summed E-state index contributed by atoms with van der Waals surface area (Å²) in [6, 6.07) is 0. The van der Waals surface area contributed by atoms with Gasteiger partial charge >= 0.3 is 59.1 Å². The van der Waals surface area contributed by atoms with E-state index in [0.717, 1.165) is 6.92 Å². The Kier molecular flexibility index (Phi) is 35.3. The summed E-state index contributed by atoms with van der Waals surface area (Å²) in [4.78, 5) is 18.1. The van der Waals surface area contributed by atoms with Gasteiger partial charge in [0.05, 0.1) is 0 Å². The summed E-state index contributed by atoms with van der Waals surface area (Å²) >= 11 is 0. The van der Waals surface area contributed by atoms with Crippen LogP contribution in [0.5, 0.6) is 0 Å². The zero-order valence-electron chi connectivity index (χ0n) is 7.34. The van der Waals surface area contributed by atoms with Gasteiger partial charge in [0.2, 0.25) is 0 Å². The van der Waals surface area contributed by atoms with Crippen LogP contribution in [-0.2, 0) is 9.59 Å². The van der Waals surface area contributed by atoms with E-state index in [9.17, 15) is 9.90 Å². The second-order valence-corrected chi connectivity index (χ2v) is 1.22. The number of carbonyl (C=O) groups excluding carboxylic acids is 2. The Morgan fingerprint density at radius 3 is 1.27 bits per heavy atom. The summed E-state index contributed by atoms with van der Waals surface area (Å²) in [6.07, 6.45) is 0.111. The molecule has 0 aromatic rings. The van der Waals surface area contributed by atoms with Crippen molar-refractivity contribution in [1.29, 1.82) is 0 Å². The second-order valence-electron chi connectivity index (χ2n) is 1.22. The van der Waals surface area contributed by atoms with Crippen LogP contribution in [0.4, 0.5) is 0 Å². The molecule has 0 unspecified atom stereocenters. The number of carboxylic acids is 2. The van der Waals surface area contributed by atoms with Gasteiger partial charge in [-0.15, -0.1) is 0 Å². The molecule has 0 aliphatic heterocycles. The zero-order valence-corrected chi connectivity index (χ0v) is 11.3. The molecule has 0 saturated carbocycles. The van der Waals surface area contributed by atoms with Gasteiger partial charge in [0.15, 0.2) is 0 Å². The van der Waals surface area contributed by atoms with E-state index in [0.29, 0.717) is 0 Å². The third-order valence-electron chi connectivity index (χ3n) is 0.289. The van der Waals surface area contributed by atoms with Crippen molar-refractivity contribution in [3.63, 3.8) is 0 Å². The van der Waals surface area contributed by atoms with E-state index in [1.165, 1.54) is 6.92 Å². The quantitative estimate of drug-likeness (QED) is 0.373. The van der Waals surface area contributed by atoms with E-state index in [1.807, 2.05) is 0 Å². The summed E-state index contributed by atoms with van der Waals surface area (Å²) in [5, 5.41) is 18.1. The largest absolute Gasteiger partial charge is 1.00 e. The zero-order chi connectivity index (χ0) is 7.86. The first kappa shape index (κ1) is 22.7. The van der Waals surface area contributed by atoms with Crippen LogP contribution in [-0.4, -0.2) is 11.9 Å². The molecular formula is C5H8Na2O4. The first-order valence-electron chi connectivity index (χ1n) is 2.38. The van der Waals surface area contributed by atoms with Crippen LogP contribution in [0, 0.1) is 0 Å². The van der Waals surface area contributed by atoms with Crippen molar-refractivity contribution < 1.29 is 78.9 Å². The number of hydrogen-bond donors (Lipinski definition) is 0. The molecule has 0 rings (SSSR count). The maximum Gasteiger partial charge on any atom is 1.00 e. The predicted molar refractivity (Wildman–Crippen MR) is 26.0 cm³/mol. The normalized spacial score (nSPS) is 5.64. The molecule has 0 aromatic heterocycles. The fourth-order valence-electron chi connectivity index (χ4n) is 0. The maximum atomic E-state index is 9.26. The second kappa shape index (κ2) is 17.1. The molecule has 0 radical (unpaired) electrons. The molecular weight excluding hydrogens is 170 g/mol. The Hall–Kier alpha value is 0.940. The third-order valence-corrected chi connectivity index (χ3v) is 0.289. The van der Waals surface area contributed by atoms with Crippen LogP contribution in [0.15, 0.2) is 0 Å². The topological polar surface area (TPSA) is 80.3 Å². The summed E-state index contributed by atoms with van der Waals surface area (Å²) in [7, 11) is 0. The van der Waals surface area contributed by atoms with E-state index in [2.05, 4.69) is 0 Å². The van der Waals surface area contributed by atoms with E-state index in [4.69, 9.17) is 9.90 Å². The molecule has 54 valence electrons. The summed E-state index contributed by atoms with van der Waals surface area (Å²) in [6.45, 7) is 2.51. The smallest absolute Gasteiger partial charge is 0.550 e. The van der Waals surface area contributed by atoms with E-state index in [-0.39, 0.29) is 65.5 Å². The molecule has 0 N–H and O–H groups in total. The Labute approximate surface area is 110 Å².